The molecule has 12 heteroatoms. The second kappa shape index (κ2) is 10.7. The third-order valence-electron chi connectivity index (χ3n) is 5.72. The zero-order chi connectivity index (χ0) is 26.0. The Morgan fingerprint density at radius 2 is 1.69 bits per heavy atom. The highest BCUT2D eigenvalue weighted by atomic mass is 32.1. The zero-order valence-corrected chi connectivity index (χ0v) is 20.2. The first kappa shape index (κ1) is 25.7. The van der Waals surface area contributed by atoms with Crippen LogP contribution < -0.4 is 5.32 Å². The molecule has 7 nitrogen and oxygen atoms in total. The van der Waals surface area contributed by atoms with Crippen molar-refractivity contribution in [1.82, 2.24) is 25.2 Å². The minimum atomic E-state index is -3.01. The van der Waals surface area contributed by atoms with E-state index in [2.05, 4.69) is 20.3 Å². The number of nitrogens with one attached hydrogen (secondary N) is 1. The summed E-state index contributed by atoms with van der Waals surface area (Å²) in [6.07, 6.45) is 0.540. The summed E-state index contributed by atoms with van der Waals surface area (Å²) >= 11 is 1.14. The van der Waals surface area contributed by atoms with Crippen LogP contribution in [-0.4, -0.2) is 45.3 Å². The maximum Gasteiger partial charge on any atom is 0.265 e. The van der Waals surface area contributed by atoms with Crippen molar-refractivity contribution < 1.29 is 27.2 Å². The number of nitrogens with zero attached hydrogens (tertiary/aromatic N) is 4. The molecule has 0 radical (unpaired) electrons. The Balaban J connectivity index is 1.54. The van der Waals surface area contributed by atoms with Crippen LogP contribution in [0.2, 0.25) is 0 Å². The molecule has 2 heterocycles. The van der Waals surface area contributed by atoms with Crippen LogP contribution >= 0.6 is 11.3 Å². The van der Waals surface area contributed by atoms with Gasteiger partial charge in [-0.1, -0.05) is 0 Å². The van der Waals surface area contributed by atoms with E-state index in [0.717, 1.165) is 36.3 Å². The van der Waals surface area contributed by atoms with Gasteiger partial charge in [-0.05, 0) is 43.9 Å². The predicted molar refractivity (Wildman–Crippen MR) is 125 cm³/mol. The molecule has 1 saturated carbocycles. The smallest absolute Gasteiger partial charge is 0.265 e. The van der Waals surface area contributed by atoms with Gasteiger partial charge in [0.1, 0.15) is 15.6 Å². The van der Waals surface area contributed by atoms with Gasteiger partial charge in [-0.3, -0.25) is 19.6 Å². The molecule has 1 aliphatic carbocycles. The molecule has 1 N–H and O–H groups in total. The minimum absolute atomic E-state index is 0.147. The number of halogens is 4. The van der Waals surface area contributed by atoms with Crippen LogP contribution in [0.3, 0.4) is 0 Å². The van der Waals surface area contributed by atoms with Crippen LogP contribution in [0, 0.1) is 5.92 Å². The van der Waals surface area contributed by atoms with Gasteiger partial charge in [0.05, 0.1) is 17.9 Å². The predicted octanol–water partition coefficient (Wildman–Crippen LogP) is 5.45. The molecule has 0 saturated heterocycles. The maximum absolute atomic E-state index is 13.2. The van der Waals surface area contributed by atoms with Gasteiger partial charge in [-0.2, -0.15) is 0 Å². The fraction of sp³-hybridized carbons (Fsp3) is 0.375. The molecule has 2 amide bonds. The molecule has 0 bridgehead atoms. The van der Waals surface area contributed by atoms with Gasteiger partial charge in [0.2, 0.25) is 0 Å². The van der Waals surface area contributed by atoms with E-state index in [0.29, 0.717) is 39.8 Å². The lowest BCUT2D eigenvalue weighted by Gasteiger charge is -2.16. The van der Waals surface area contributed by atoms with E-state index in [9.17, 15) is 27.2 Å². The number of carbonyl (C=O) groups excluding carboxylic acids is 2. The number of hydrogen-bond donors (Lipinski definition) is 1. The lowest BCUT2D eigenvalue weighted by molar-refractivity contribution is 0.0792. The molecule has 1 atom stereocenters. The molecular formula is C24H23F4N5O2S. The van der Waals surface area contributed by atoms with Crippen molar-refractivity contribution in [2.24, 2.45) is 5.92 Å². The summed E-state index contributed by atoms with van der Waals surface area (Å²) in [7, 11) is 1.74. The number of carbonyl (C=O) groups is 2. The summed E-state index contributed by atoms with van der Waals surface area (Å²) in [6.45, 7) is 2.28. The molecule has 3 aromatic rings. The number of hydrogen-bond acceptors (Lipinski definition) is 6. The van der Waals surface area contributed by atoms with Crippen molar-refractivity contribution in [2.75, 3.05) is 13.6 Å². The summed E-state index contributed by atoms with van der Waals surface area (Å²) in [4.78, 5) is 40.5. The fourth-order valence-corrected chi connectivity index (χ4v) is 4.60. The van der Waals surface area contributed by atoms with E-state index in [4.69, 9.17) is 0 Å². The Labute approximate surface area is 208 Å². The molecular weight excluding hydrogens is 498 g/mol. The highest BCUT2D eigenvalue weighted by Gasteiger charge is 2.27. The average Bonchev–Trinajstić information content (AvgIpc) is 3.54. The van der Waals surface area contributed by atoms with Crippen LogP contribution in [0.15, 0.2) is 36.8 Å². The molecule has 1 fully saturated rings. The first-order chi connectivity index (χ1) is 17.1. The molecule has 1 aromatic carbocycles. The molecule has 1 aliphatic rings. The van der Waals surface area contributed by atoms with Gasteiger partial charge >= 0.3 is 0 Å². The Bertz CT molecular complexity index is 1240. The quantitative estimate of drug-likeness (QED) is 0.379. The molecule has 36 heavy (non-hydrogen) atoms. The highest BCUT2D eigenvalue weighted by molar-refractivity contribution is 7.16. The fourth-order valence-electron chi connectivity index (χ4n) is 3.68. The van der Waals surface area contributed by atoms with E-state index in [1.807, 2.05) is 0 Å². The highest BCUT2D eigenvalue weighted by Crippen LogP contribution is 2.32. The van der Waals surface area contributed by atoms with Crippen LogP contribution in [-0.2, 0) is 0 Å². The van der Waals surface area contributed by atoms with Crippen LogP contribution in [0.25, 0.3) is 10.7 Å². The first-order valence-corrected chi connectivity index (χ1v) is 12.0. The van der Waals surface area contributed by atoms with Gasteiger partial charge in [-0.15, -0.1) is 11.3 Å². The van der Waals surface area contributed by atoms with E-state index in [1.165, 1.54) is 18.6 Å². The molecule has 4 rings (SSSR count). The number of amides is 2. The first-order valence-electron chi connectivity index (χ1n) is 11.2. The number of thiazole rings is 1. The van der Waals surface area contributed by atoms with Crippen LogP contribution in [0.5, 0.6) is 0 Å². The van der Waals surface area contributed by atoms with E-state index >= 15 is 0 Å². The Morgan fingerprint density at radius 1 is 1.06 bits per heavy atom. The van der Waals surface area contributed by atoms with Crippen molar-refractivity contribution in [2.45, 2.75) is 38.7 Å². The monoisotopic (exact) mass is 521 g/mol. The summed E-state index contributed by atoms with van der Waals surface area (Å²) in [5.41, 5.74) is -0.991. The number of alkyl halides is 4. The lowest BCUT2D eigenvalue weighted by Crippen LogP contribution is -2.28. The van der Waals surface area contributed by atoms with Crippen molar-refractivity contribution in [3.05, 3.63) is 64.1 Å². The SMILES string of the molecule is CC(NC(=O)c1cc(C(F)F)cc(C(F)F)c1)c1nccnc1-c1ncc(C(=O)N(C)CC2CC2)s1. The van der Waals surface area contributed by atoms with Gasteiger partial charge in [0.15, 0.2) is 0 Å². The Hall–Kier alpha value is -3.41. The maximum atomic E-state index is 13.2. The van der Waals surface area contributed by atoms with Gasteiger partial charge in [0, 0.05) is 42.7 Å². The van der Waals surface area contributed by atoms with Crippen LogP contribution in [0.4, 0.5) is 17.6 Å². The Morgan fingerprint density at radius 3 is 2.31 bits per heavy atom. The van der Waals surface area contributed by atoms with E-state index < -0.39 is 35.9 Å². The van der Waals surface area contributed by atoms with E-state index in [1.54, 1.807) is 18.9 Å². The standard InChI is InChI=1S/C24H23F4N5O2S/c1-12(32-22(34)16-8-14(20(25)26)7-15(9-16)21(27)28)18-19(30-6-5-29-18)23-31-10-17(36-23)24(35)33(2)11-13-3-4-13/h5-10,12-13,20-21H,3-4,11H2,1-2H3,(H,32,34). The average molecular weight is 522 g/mol. The van der Waals surface area contributed by atoms with Crippen molar-refractivity contribution in [3.63, 3.8) is 0 Å². The molecule has 190 valence electrons. The largest absolute Gasteiger partial charge is 0.344 e. The second-order valence-corrected chi connectivity index (χ2v) is 9.66. The second-order valence-electron chi connectivity index (χ2n) is 8.63. The van der Waals surface area contributed by atoms with E-state index in [-0.39, 0.29) is 11.5 Å². The van der Waals surface area contributed by atoms with Gasteiger partial charge in [-0.25, -0.2) is 22.5 Å². The number of aromatic nitrogens is 3. The topological polar surface area (TPSA) is 88.1 Å². The van der Waals surface area contributed by atoms with Crippen LogP contribution in [0.1, 0.15) is 75.5 Å². The third kappa shape index (κ3) is 5.86. The summed E-state index contributed by atoms with van der Waals surface area (Å²) in [5.74, 6) is -0.424. The molecule has 0 aliphatic heterocycles. The van der Waals surface area contributed by atoms with Crippen molar-refractivity contribution >= 4 is 23.2 Å². The number of benzene rings is 1. The van der Waals surface area contributed by atoms with Crippen molar-refractivity contribution in [3.8, 4) is 10.7 Å². The molecule has 1 unspecified atom stereocenters. The Kier molecular flexibility index (Phi) is 7.62. The third-order valence-corrected chi connectivity index (χ3v) is 6.71. The molecule has 0 spiro atoms. The minimum Gasteiger partial charge on any atom is -0.344 e. The lowest BCUT2D eigenvalue weighted by atomic mass is 10.0. The molecule has 2 aromatic heterocycles. The van der Waals surface area contributed by atoms with Crippen molar-refractivity contribution in [1.29, 1.82) is 0 Å². The summed E-state index contributed by atoms with van der Waals surface area (Å²) in [5, 5.41) is 3.02. The zero-order valence-electron chi connectivity index (χ0n) is 19.4. The summed E-state index contributed by atoms with van der Waals surface area (Å²) in [6, 6.07) is 1.67. The van der Waals surface area contributed by atoms with Gasteiger partial charge in [0.25, 0.3) is 24.7 Å². The van der Waals surface area contributed by atoms with Gasteiger partial charge < -0.3 is 10.2 Å². The number of rotatable bonds is 9. The summed E-state index contributed by atoms with van der Waals surface area (Å²) < 4.78 is 52.7. The normalized spacial score (nSPS) is 14.2.